The summed E-state index contributed by atoms with van der Waals surface area (Å²) in [5.41, 5.74) is 3.10. The van der Waals surface area contributed by atoms with E-state index in [1.54, 1.807) is 12.4 Å². The summed E-state index contributed by atoms with van der Waals surface area (Å²) in [7, 11) is -1.12. The number of fused-ring (bicyclic) bond motifs is 1. The first-order valence-electron chi connectivity index (χ1n) is 10.7. The predicted octanol–water partition coefficient (Wildman–Crippen LogP) is 3.59. The number of nitrogens with zero attached hydrogens (tertiary/aromatic N) is 4. The summed E-state index contributed by atoms with van der Waals surface area (Å²) in [5, 5.41) is 0. The van der Waals surface area contributed by atoms with Crippen molar-refractivity contribution >= 4 is 16.7 Å². The smallest absolute Gasteiger partial charge is 0.200 e. The number of hydrogen-bond donors (Lipinski definition) is 1. The fourth-order valence-electron chi connectivity index (χ4n) is 3.83. The standard InChI is InChI=1S/C23H25F2N5O2S/c1-15-17-14-27-23(20-6-3-4-8-26-20)29-19(17)7-10-30(15)16-12-18(24)22(25)21(13-16)32-11-5-9-28-33(2)31/h3-4,6,8,12-15,28H,5,7,9-11H2,1-2H3. The Morgan fingerprint density at radius 1 is 1.27 bits per heavy atom. The maximum Gasteiger partial charge on any atom is 0.200 e. The second-order valence-electron chi connectivity index (χ2n) is 7.72. The summed E-state index contributed by atoms with van der Waals surface area (Å²) >= 11 is 0. The van der Waals surface area contributed by atoms with Crippen LogP contribution in [0.15, 0.2) is 42.7 Å². The summed E-state index contributed by atoms with van der Waals surface area (Å²) in [6.07, 6.45) is 6.16. The molecule has 0 aliphatic carbocycles. The lowest BCUT2D eigenvalue weighted by Gasteiger charge is -2.36. The summed E-state index contributed by atoms with van der Waals surface area (Å²) in [4.78, 5) is 15.5. The van der Waals surface area contributed by atoms with Crippen molar-refractivity contribution in [1.82, 2.24) is 19.7 Å². The molecule has 0 spiro atoms. The first-order valence-corrected chi connectivity index (χ1v) is 12.2. The van der Waals surface area contributed by atoms with Crippen LogP contribution in [-0.2, 0) is 17.4 Å². The van der Waals surface area contributed by atoms with Crippen molar-refractivity contribution in [2.24, 2.45) is 0 Å². The van der Waals surface area contributed by atoms with Gasteiger partial charge in [-0.25, -0.2) is 23.3 Å². The van der Waals surface area contributed by atoms with Gasteiger partial charge in [-0.05, 0) is 25.5 Å². The topological polar surface area (TPSA) is 80.2 Å². The third-order valence-electron chi connectivity index (χ3n) is 5.50. The highest BCUT2D eigenvalue weighted by Crippen LogP contribution is 2.36. The first kappa shape index (κ1) is 23.2. The van der Waals surface area contributed by atoms with Crippen LogP contribution in [0.3, 0.4) is 0 Å². The number of benzene rings is 1. The highest BCUT2D eigenvalue weighted by molar-refractivity contribution is 7.82. The number of hydrogen-bond acceptors (Lipinski definition) is 6. The van der Waals surface area contributed by atoms with E-state index in [1.807, 2.05) is 30.0 Å². The predicted molar refractivity (Wildman–Crippen MR) is 123 cm³/mol. The summed E-state index contributed by atoms with van der Waals surface area (Å²) in [6, 6.07) is 8.17. The zero-order valence-corrected chi connectivity index (χ0v) is 19.2. The number of anilines is 1. The maximum absolute atomic E-state index is 14.4. The van der Waals surface area contributed by atoms with Gasteiger partial charge in [0, 0.05) is 61.5 Å². The lowest BCUT2D eigenvalue weighted by Crippen LogP contribution is -2.35. The molecule has 2 aromatic heterocycles. The van der Waals surface area contributed by atoms with Gasteiger partial charge < -0.3 is 9.64 Å². The third kappa shape index (κ3) is 5.33. The van der Waals surface area contributed by atoms with Crippen molar-refractivity contribution < 1.29 is 17.7 Å². The van der Waals surface area contributed by atoms with Crippen LogP contribution >= 0.6 is 0 Å². The van der Waals surface area contributed by atoms with E-state index >= 15 is 0 Å². The van der Waals surface area contributed by atoms with Crippen molar-refractivity contribution in [3.05, 3.63) is 65.6 Å². The molecule has 0 amide bonds. The molecular formula is C23H25F2N5O2S. The Morgan fingerprint density at radius 2 is 2.12 bits per heavy atom. The highest BCUT2D eigenvalue weighted by Gasteiger charge is 2.28. The Kier molecular flexibility index (Phi) is 7.24. The Morgan fingerprint density at radius 3 is 2.88 bits per heavy atom. The minimum Gasteiger partial charge on any atom is -0.490 e. The van der Waals surface area contributed by atoms with E-state index in [-0.39, 0.29) is 18.4 Å². The molecule has 3 heterocycles. The molecule has 0 bridgehead atoms. The normalized spacial score (nSPS) is 16.4. The van der Waals surface area contributed by atoms with Crippen LogP contribution in [0.2, 0.25) is 0 Å². The van der Waals surface area contributed by atoms with Gasteiger partial charge in [-0.15, -0.1) is 0 Å². The minimum absolute atomic E-state index is 0.132. The van der Waals surface area contributed by atoms with Crippen molar-refractivity contribution in [2.75, 3.05) is 30.9 Å². The molecule has 2 atom stereocenters. The van der Waals surface area contributed by atoms with Gasteiger partial charge in [-0.3, -0.25) is 4.98 Å². The molecule has 0 saturated heterocycles. The van der Waals surface area contributed by atoms with E-state index in [1.165, 1.54) is 18.4 Å². The van der Waals surface area contributed by atoms with Gasteiger partial charge in [0.15, 0.2) is 17.4 Å². The van der Waals surface area contributed by atoms with Gasteiger partial charge >= 0.3 is 0 Å². The Hall–Kier alpha value is -2.98. The molecule has 0 fully saturated rings. The second-order valence-corrected chi connectivity index (χ2v) is 8.92. The van der Waals surface area contributed by atoms with Crippen molar-refractivity contribution in [3.63, 3.8) is 0 Å². The Labute approximate surface area is 193 Å². The third-order valence-corrected chi connectivity index (χ3v) is 6.11. The van der Waals surface area contributed by atoms with Crippen molar-refractivity contribution in [2.45, 2.75) is 25.8 Å². The molecule has 3 aromatic rings. The Bertz CT molecular complexity index is 1150. The number of aromatic nitrogens is 3. The number of rotatable bonds is 8. The molecule has 174 valence electrons. The summed E-state index contributed by atoms with van der Waals surface area (Å²) in [5.74, 6) is -1.54. The molecule has 7 nitrogen and oxygen atoms in total. The van der Waals surface area contributed by atoms with Crippen LogP contribution < -0.4 is 14.4 Å². The quantitative estimate of drug-likeness (QED) is 0.504. The maximum atomic E-state index is 14.4. The average molecular weight is 474 g/mol. The SMILES string of the molecule is CC1c2cnc(-c3ccccn3)nc2CCN1c1cc(F)c(F)c(OCCCNS(C)=O)c1. The fraction of sp³-hybridized carbons (Fsp3) is 0.348. The van der Waals surface area contributed by atoms with Crippen molar-refractivity contribution in [1.29, 1.82) is 0 Å². The van der Waals surface area contributed by atoms with Gasteiger partial charge in [-0.2, -0.15) is 4.39 Å². The largest absolute Gasteiger partial charge is 0.490 e. The van der Waals surface area contributed by atoms with Gasteiger partial charge in [0.2, 0.25) is 5.82 Å². The van der Waals surface area contributed by atoms with Gasteiger partial charge in [0.25, 0.3) is 0 Å². The lowest BCUT2D eigenvalue weighted by molar-refractivity contribution is 0.291. The van der Waals surface area contributed by atoms with Crippen molar-refractivity contribution in [3.8, 4) is 17.3 Å². The van der Waals surface area contributed by atoms with Crippen LogP contribution in [0.5, 0.6) is 5.75 Å². The van der Waals surface area contributed by atoms with Crippen LogP contribution in [0.4, 0.5) is 14.5 Å². The average Bonchev–Trinajstić information content (AvgIpc) is 2.82. The lowest BCUT2D eigenvalue weighted by atomic mass is 9.98. The number of halogens is 2. The molecule has 10 heteroatoms. The molecule has 1 aliphatic rings. The molecule has 2 unspecified atom stereocenters. The number of pyridine rings is 1. The molecular weight excluding hydrogens is 448 g/mol. The monoisotopic (exact) mass is 473 g/mol. The number of ether oxygens (including phenoxy) is 1. The van der Waals surface area contributed by atoms with E-state index in [0.29, 0.717) is 43.1 Å². The Balaban J connectivity index is 1.52. The van der Waals surface area contributed by atoms with Gasteiger partial charge in [0.1, 0.15) is 5.69 Å². The van der Waals surface area contributed by atoms with E-state index < -0.39 is 22.6 Å². The molecule has 1 aromatic carbocycles. The molecule has 4 rings (SSSR count). The van der Waals surface area contributed by atoms with Crippen LogP contribution in [0.1, 0.15) is 30.6 Å². The second kappa shape index (κ2) is 10.3. The molecule has 1 aliphatic heterocycles. The summed E-state index contributed by atoms with van der Waals surface area (Å²) in [6.45, 7) is 3.20. The van der Waals surface area contributed by atoms with E-state index in [2.05, 4.69) is 14.7 Å². The van der Waals surface area contributed by atoms with Gasteiger partial charge in [0.05, 0.1) is 29.3 Å². The van der Waals surface area contributed by atoms with Crippen LogP contribution in [-0.4, -0.2) is 45.1 Å². The zero-order valence-electron chi connectivity index (χ0n) is 18.4. The van der Waals surface area contributed by atoms with E-state index in [4.69, 9.17) is 9.72 Å². The molecule has 1 N–H and O–H groups in total. The van der Waals surface area contributed by atoms with E-state index in [0.717, 1.165) is 11.3 Å². The molecule has 0 saturated carbocycles. The van der Waals surface area contributed by atoms with Crippen LogP contribution in [0.25, 0.3) is 11.5 Å². The zero-order chi connectivity index (χ0) is 23.4. The minimum atomic E-state index is -1.12. The highest BCUT2D eigenvalue weighted by atomic mass is 32.2. The molecule has 0 radical (unpaired) electrons. The van der Waals surface area contributed by atoms with Gasteiger partial charge in [-0.1, -0.05) is 6.07 Å². The summed E-state index contributed by atoms with van der Waals surface area (Å²) < 4.78 is 48.0. The van der Waals surface area contributed by atoms with Crippen LogP contribution in [0, 0.1) is 11.6 Å². The first-order chi connectivity index (χ1) is 15.9. The fourth-order valence-corrected chi connectivity index (χ4v) is 4.26. The number of nitrogens with one attached hydrogen (secondary N) is 1. The molecule has 33 heavy (non-hydrogen) atoms. The van der Waals surface area contributed by atoms with E-state index in [9.17, 15) is 13.0 Å².